The van der Waals surface area contributed by atoms with Crippen molar-refractivity contribution in [1.82, 2.24) is 4.90 Å². The molecule has 1 N–H and O–H groups in total. The molecule has 6 aromatic rings. The lowest BCUT2D eigenvalue weighted by Gasteiger charge is -2.32. The monoisotopic (exact) mass is 655 g/mol. The van der Waals surface area contributed by atoms with Crippen LogP contribution in [0.15, 0.2) is 109 Å². The summed E-state index contributed by atoms with van der Waals surface area (Å²) in [6.07, 6.45) is 6.14. The molecule has 0 radical (unpaired) electrons. The van der Waals surface area contributed by atoms with E-state index in [9.17, 15) is 9.50 Å². The van der Waals surface area contributed by atoms with Gasteiger partial charge in [-0.05, 0) is 111 Å². The number of hydrogen-bond acceptors (Lipinski definition) is 4. The molecule has 0 saturated carbocycles. The van der Waals surface area contributed by atoms with Crippen molar-refractivity contribution in [3.8, 4) is 11.5 Å². The molecule has 252 valence electrons. The highest BCUT2D eigenvalue weighted by molar-refractivity contribution is 6.09. The van der Waals surface area contributed by atoms with Gasteiger partial charge in [0.2, 0.25) is 0 Å². The Balaban J connectivity index is 0.000000267. The molecule has 0 amide bonds. The predicted molar refractivity (Wildman–Crippen MR) is 202 cm³/mol. The SMILES string of the molecule is CC(C)c1cccc2ccccc12.COc1ccc(C=CN(C)CCC2CCc3c(ccc4c3cc(F)c3ccccc34)C2O)cc1OC. The van der Waals surface area contributed by atoms with Crippen LogP contribution in [0.2, 0.25) is 0 Å². The molecule has 0 saturated heterocycles. The minimum absolute atomic E-state index is 0.164. The highest BCUT2D eigenvalue weighted by atomic mass is 19.1. The molecule has 6 aromatic carbocycles. The van der Waals surface area contributed by atoms with Gasteiger partial charge in [0.1, 0.15) is 5.82 Å². The van der Waals surface area contributed by atoms with Crippen LogP contribution in [0.4, 0.5) is 4.39 Å². The Morgan fingerprint density at radius 3 is 2.24 bits per heavy atom. The number of ether oxygens (including phenoxy) is 2. The van der Waals surface area contributed by atoms with Crippen LogP contribution in [0.5, 0.6) is 11.5 Å². The minimum atomic E-state index is -0.545. The van der Waals surface area contributed by atoms with Crippen molar-refractivity contribution in [2.24, 2.45) is 5.92 Å². The molecule has 0 bridgehead atoms. The highest BCUT2D eigenvalue weighted by Crippen LogP contribution is 2.41. The molecule has 0 fully saturated rings. The van der Waals surface area contributed by atoms with Crippen molar-refractivity contribution in [1.29, 1.82) is 0 Å². The van der Waals surface area contributed by atoms with E-state index in [1.54, 1.807) is 20.3 Å². The van der Waals surface area contributed by atoms with Crippen LogP contribution in [0.25, 0.3) is 38.4 Å². The van der Waals surface area contributed by atoms with E-state index in [0.29, 0.717) is 22.8 Å². The van der Waals surface area contributed by atoms with Gasteiger partial charge < -0.3 is 19.5 Å². The molecular weight excluding hydrogens is 609 g/mol. The van der Waals surface area contributed by atoms with E-state index in [1.807, 2.05) is 73.9 Å². The van der Waals surface area contributed by atoms with Crippen molar-refractivity contribution in [2.45, 2.75) is 45.1 Å². The van der Waals surface area contributed by atoms with Crippen molar-refractivity contribution >= 4 is 38.4 Å². The summed E-state index contributed by atoms with van der Waals surface area (Å²) < 4.78 is 25.5. The Morgan fingerprint density at radius 2 is 1.49 bits per heavy atom. The number of methoxy groups -OCH3 is 2. The van der Waals surface area contributed by atoms with E-state index in [0.717, 1.165) is 58.7 Å². The number of benzene rings is 6. The molecule has 0 spiro atoms. The van der Waals surface area contributed by atoms with Crippen LogP contribution >= 0.6 is 0 Å². The van der Waals surface area contributed by atoms with Crippen molar-refractivity contribution < 1.29 is 19.0 Å². The first-order valence-corrected chi connectivity index (χ1v) is 17.2. The third-order valence-electron chi connectivity index (χ3n) is 9.90. The summed E-state index contributed by atoms with van der Waals surface area (Å²) in [5.74, 6) is 1.97. The zero-order chi connectivity index (χ0) is 34.5. The van der Waals surface area contributed by atoms with Gasteiger partial charge in [0.15, 0.2) is 11.5 Å². The first kappa shape index (κ1) is 34.0. The maximum Gasteiger partial charge on any atom is 0.161 e. The zero-order valence-corrected chi connectivity index (χ0v) is 29.1. The summed E-state index contributed by atoms with van der Waals surface area (Å²) in [6.45, 7) is 5.30. The van der Waals surface area contributed by atoms with Crippen molar-refractivity contribution in [3.63, 3.8) is 0 Å². The number of halogens is 1. The lowest BCUT2D eigenvalue weighted by molar-refractivity contribution is 0.0852. The summed E-state index contributed by atoms with van der Waals surface area (Å²) >= 11 is 0. The number of hydrogen-bond donors (Lipinski definition) is 1. The number of nitrogens with zero attached hydrogens (tertiary/aromatic N) is 1. The van der Waals surface area contributed by atoms with Crippen LogP contribution in [-0.4, -0.2) is 37.8 Å². The van der Waals surface area contributed by atoms with Crippen molar-refractivity contribution in [2.75, 3.05) is 27.8 Å². The summed E-state index contributed by atoms with van der Waals surface area (Å²) in [5, 5.41) is 17.5. The fourth-order valence-electron chi connectivity index (χ4n) is 7.18. The first-order valence-electron chi connectivity index (χ1n) is 17.2. The second-order valence-corrected chi connectivity index (χ2v) is 13.3. The maximum atomic E-state index is 14.9. The van der Waals surface area contributed by atoms with Gasteiger partial charge >= 0.3 is 0 Å². The van der Waals surface area contributed by atoms with E-state index >= 15 is 0 Å². The first-order chi connectivity index (χ1) is 23.8. The van der Waals surface area contributed by atoms with E-state index in [2.05, 4.69) is 61.2 Å². The van der Waals surface area contributed by atoms with Crippen LogP contribution in [0.3, 0.4) is 0 Å². The number of fused-ring (bicyclic) bond motifs is 6. The smallest absolute Gasteiger partial charge is 0.161 e. The molecule has 0 heterocycles. The summed E-state index contributed by atoms with van der Waals surface area (Å²) in [4.78, 5) is 2.14. The zero-order valence-electron chi connectivity index (χ0n) is 29.1. The average Bonchev–Trinajstić information content (AvgIpc) is 3.13. The number of aliphatic hydroxyl groups is 1. The lowest BCUT2D eigenvalue weighted by atomic mass is 9.77. The topological polar surface area (TPSA) is 41.9 Å². The molecule has 0 aromatic heterocycles. The molecule has 0 aliphatic heterocycles. The fraction of sp³-hybridized carbons (Fsp3) is 0.273. The molecule has 49 heavy (non-hydrogen) atoms. The molecule has 1 aliphatic rings. The Labute approximate surface area is 289 Å². The molecule has 4 nitrogen and oxygen atoms in total. The molecule has 1 aliphatic carbocycles. The highest BCUT2D eigenvalue weighted by Gasteiger charge is 2.29. The van der Waals surface area contributed by atoms with Crippen LogP contribution in [-0.2, 0) is 6.42 Å². The summed E-state index contributed by atoms with van der Waals surface area (Å²) in [7, 11) is 5.30. The van der Waals surface area contributed by atoms with Gasteiger partial charge in [-0.2, -0.15) is 0 Å². The third-order valence-corrected chi connectivity index (χ3v) is 9.90. The largest absolute Gasteiger partial charge is 0.493 e. The molecule has 2 atom stereocenters. The van der Waals surface area contributed by atoms with Crippen LogP contribution in [0, 0.1) is 11.7 Å². The fourth-order valence-corrected chi connectivity index (χ4v) is 7.18. The minimum Gasteiger partial charge on any atom is -0.493 e. The normalized spacial score (nSPS) is 15.8. The Bertz CT molecular complexity index is 2100. The van der Waals surface area contributed by atoms with Gasteiger partial charge in [-0.25, -0.2) is 4.39 Å². The standard InChI is InChI=1S/C31H32FNO3.C13H14/c1-33(16-14-20-8-13-29(35-2)30(18-20)36-3)17-15-21-9-10-24-26(31(21)34)12-11-23-22-6-4-5-7-25(22)28(32)19-27(23)24;1-10(2)12-9-5-7-11-6-3-4-8-13(11)12/h4-8,11-14,16,18-19,21,31,34H,9-10,15,17H2,1-3H3;3-10H,1-2H3. The number of rotatable bonds is 8. The number of aryl methyl sites for hydroxylation is 1. The molecule has 5 heteroatoms. The van der Waals surface area contributed by atoms with Gasteiger partial charge in [-0.15, -0.1) is 0 Å². The van der Waals surface area contributed by atoms with E-state index in [1.165, 1.54) is 16.3 Å². The van der Waals surface area contributed by atoms with Gasteiger partial charge in [-0.3, -0.25) is 0 Å². The van der Waals surface area contributed by atoms with Crippen LogP contribution in [0.1, 0.15) is 61.0 Å². The van der Waals surface area contributed by atoms with Crippen molar-refractivity contribution in [3.05, 3.63) is 137 Å². The Morgan fingerprint density at radius 1 is 0.796 bits per heavy atom. The Kier molecular flexibility index (Phi) is 10.5. The van der Waals surface area contributed by atoms with E-state index < -0.39 is 6.10 Å². The van der Waals surface area contributed by atoms with E-state index in [4.69, 9.17) is 9.47 Å². The average molecular weight is 656 g/mol. The molecule has 7 rings (SSSR count). The second kappa shape index (κ2) is 15.1. The second-order valence-electron chi connectivity index (χ2n) is 13.3. The predicted octanol–water partition coefficient (Wildman–Crippen LogP) is 10.7. The van der Waals surface area contributed by atoms with Gasteiger partial charge in [-0.1, -0.05) is 98.8 Å². The van der Waals surface area contributed by atoms with Gasteiger partial charge in [0, 0.05) is 19.0 Å². The number of aliphatic hydroxyl groups excluding tert-OH is 1. The molecular formula is C44H46FNO3. The maximum absolute atomic E-state index is 14.9. The van der Waals surface area contributed by atoms with E-state index in [-0.39, 0.29) is 11.7 Å². The Hall–Kier alpha value is -4.87. The van der Waals surface area contributed by atoms with Gasteiger partial charge in [0.05, 0.1) is 20.3 Å². The van der Waals surface area contributed by atoms with Crippen LogP contribution < -0.4 is 9.47 Å². The summed E-state index contributed by atoms with van der Waals surface area (Å²) in [6, 6.07) is 34.3. The third kappa shape index (κ3) is 7.28. The van der Waals surface area contributed by atoms with Gasteiger partial charge in [0.25, 0.3) is 0 Å². The lowest BCUT2D eigenvalue weighted by Crippen LogP contribution is -2.24. The molecule has 2 unspecified atom stereocenters. The summed E-state index contributed by atoms with van der Waals surface area (Å²) in [5.41, 5.74) is 4.50. The quantitative estimate of drug-likeness (QED) is 0.166.